The van der Waals surface area contributed by atoms with Gasteiger partial charge in [-0.25, -0.2) is 8.42 Å². The number of rotatable bonds is 6. The molecule has 1 aliphatic heterocycles. The van der Waals surface area contributed by atoms with Crippen molar-refractivity contribution < 1.29 is 17.6 Å². The molecule has 2 aromatic heterocycles. The van der Waals surface area contributed by atoms with Crippen LogP contribution in [0.25, 0.3) is 0 Å². The molecule has 0 spiro atoms. The van der Waals surface area contributed by atoms with Crippen LogP contribution in [0.1, 0.15) is 23.6 Å². The van der Waals surface area contributed by atoms with E-state index in [9.17, 15) is 13.2 Å². The Balaban J connectivity index is 1.40. The first-order valence-corrected chi connectivity index (χ1v) is 12.0. The van der Waals surface area contributed by atoms with E-state index < -0.39 is 15.9 Å². The van der Waals surface area contributed by atoms with Crippen LogP contribution in [0.4, 0.5) is 6.01 Å². The van der Waals surface area contributed by atoms with E-state index in [4.69, 9.17) is 16.0 Å². The Morgan fingerprint density at radius 3 is 2.80 bits per heavy atom. The summed E-state index contributed by atoms with van der Waals surface area (Å²) >= 11 is 7.43. The fourth-order valence-electron chi connectivity index (χ4n) is 3.28. The van der Waals surface area contributed by atoms with Gasteiger partial charge in [-0.3, -0.25) is 10.1 Å². The van der Waals surface area contributed by atoms with Crippen molar-refractivity contribution >= 4 is 44.9 Å². The quantitative estimate of drug-likeness (QED) is 0.596. The lowest BCUT2D eigenvalue weighted by molar-refractivity contribution is -0.121. The third-order valence-electron chi connectivity index (χ3n) is 4.81. The molecule has 30 heavy (non-hydrogen) atoms. The van der Waals surface area contributed by atoms with Gasteiger partial charge in [-0.2, -0.15) is 4.31 Å². The second-order valence-corrected chi connectivity index (χ2v) is 10.3. The molecule has 1 amide bonds. The summed E-state index contributed by atoms with van der Waals surface area (Å²) in [6.45, 7) is 0.452. The predicted molar refractivity (Wildman–Crippen MR) is 113 cm³/mol. The molecule has 0 saturated carbocycles. The van der Waals surface area contributed by atoms with Gasteiger partial charge >= 0.3 is 6.01 Å². The van der Waals surface area contributed by atoms with Gasteiger partial charge in [-0.1, -0.05) is 22.8 Å². The molecule has 0 aliphatic carbocycles. The maximum atomic E-state index is 12.9. The number of amides is 1. The number of nitrogens with zero attached hydrogens (tertiary/aromatic N) is 3. The standard InChI is InChI=1S/C19H19ClN4O4S2/c20-14-5-7-16(8-6-14)30(26,27)24-9-1-3-13(12-24)18(25)21-19-23-22-17(28-19)11-15-4-2-10-29-15/h2,4-8,10,13H,1,3,9,11-12H2,(H,21,23,25). The van der Waals surface area contributed by atoms with Crippen LogP contribution in [0.15, 0.2) is 51.1 Å². The van der Waals surface area contributed by atoms with Crippen LogP contribution in [0.5, 0.6) is 0 Å². The molecule has 1 atom stereocenters. The topological polar surface area (TPSA) is 105 Å². The first-order chi connectivity index (χ1) is 14.4. The molecular formula is C19H19ClN4O4S2. The Kier molecular flexibility index (Phi) is 6.19. The average Bonchev–Trinajstić information content (AvgIpc) is 3.41. The Bertz CT molecular complexity index is 1110. The average molecular weight is 467 g/mol. The van der Waals surface area contributed by atoms with E-state index in [1.807, 2.05) is 17.5 Å². The molecule has 1 N–H and O–H groups in total. The van der Waals surface area contributed by atoms with Gasteiger partial charge in [0.25, 0.3) is 0 Å². The van der Waals surface area contributed by atoms with E-state index in [0.717, 1.165) is 4.88 Å². The van der Waals surface area contributed by atoms with Gasteiger partial charge in [-0.05, 0) is 48.6 Å². The lowest BCUT2D eigenvalue weighted by atomic mass is 9.99. The van der Waals surface area contributed by atoms with Gasteiger partial charge < -0.3 is 4.42 Å². The fraction of sp³-hybridized carbons (Fsp3) is 0.316. The van der Waals surface area contributed by atoms with Crippen molar-refractivity contribution in [1.29, 1.82) is 0 Å². The predicted octanol–water partition coefficient (Wildman–Crippen LogP) is 3.41. The normalized spacial score (nSPS) is 17.7. The van der Waals surface area contributed by atoms with Crippen molar-refractivity contribution in [3.8, 4) is 0 Å². The number of carbonyl (C=O) groups excluding carboxylic acids is 1. The maximum absolute atomic E-state index is 12.9. The molecule has 1 aromatic carbocycles. The third kappa shape index (κ3) is 4.72. The van der Waals surface area contributed by atoms with E-state index in [-0.39, 0.29) is 23.4 Å². The van der Waals surface area contributed by atoms with Gasteiger partial charge in [0.2, 0.25) is 21.8 Å². The highest BCUT2D eigenvalue weighted by Crippen LogP contribution is 2.25. The Morgan fingerprint density at radius 1 is 1.27 bits per heavy atom. The largest absolute Gasteiger partial charge is 0.407 e. The molecule has 1 aliphatic rings. The van der Waals surface area contributed by atoms with Crippen LogP contribution < -0.4 is 5.32 Å². The molecule has 3 heterocycles. The minimum absolute atomic E-state index is 0.0178. The first-order valence-electron chi connectivity index (χ1n) is 9.33. The Hall–Kier alpha value is -2.27. The number of nitrogens with one attached hydrogen (secondary N) is 1. The molecule has 0 radical (unpaired) electrons. The van der Waals surface area contributed by atoms with Crippen LogP contribution >= 0.6 is 22.9 Å². The summed E-state index contributed by atoms with van der Waals surface area (Å²) < 4.78 is 32.6. The zero-order chi connectivity index (χ0) is 21.1. The molecule has 3 aromatic rings. The number of hydrogen-bond donors (Lipinski definition) is 1. The van der Waals surface area contributed by atoms with Crippen molar-refractivity contribution in [3.63, 3.8) is 0 Å². The minimum atomic E-state index is -3.70. The second kappa shape index (κ2) is 8.84. The highest BCUT2D eigenvalue weighted by atomic mass is 35.5. The number of sulfonamides is 1. The molecule has 1 fully saturated rings. The number of piperidine rings is 1. The molecule has 158 valence electrons. The molecular weight excluding hydrogens is 448 g/mol. The molecule has 8 nitrogen and oxygen atoms in total. The number of anilines is 1. The highest BCUT2D eigenvalue weighted by Gasteiger charge is 2.33. The number of aromatic nitrogens is 2. The molecule has 0 bridgehead atoms. The van der Waals surface area contributed by atoms with E-state index in [1.54, 1.807) is 11.3 Å². The van der Waals surface area contributed by atoms with E-state index in [1.165, 1.54) is 28.6 Å². The highest BCUT2D eigenvalue weighted by molar-refractivity contribution is 7.89. The van der Waals surface area contributed by atoms with Crippen LogP contribution in [-0.2, 0) is 21.2 Å². The molecule has 11 heteroatoms. The summed E-state index contributed by atoms with van der Waals surface area (Å²) in [5, 5.41) is 12.9. The third-order valence-corrected chi connectivity index (χ3v) is 7.82. The van der Waals surface area contributed by atoms with Gasteiger partial charge in [0.05, 0.1) is 17.2 Å². The summed E-state index contributed by atoms with van der Waals surface area (Å²) in [6, 6.07) is 9.92. The van der Waals surface area contributed by atoms with Crippen LogP contribution in [0, 0.1) is 5.92 Å². The minimum Gasteiger partial charge on any atom is -0.407 e. The van der Waals surface area contributed by atoms with Gasteiger partial charge in [0.1, 0.15) is 0 Å². The number of halogens is 1. The van der Waals surface area contributed by atoms with Crippen molar-refractivity contribution in [2.75, 3.05) is 18.4 Å². The maximum Gasteiger partial charge on any atom is 0.322 e. The summed E-state index contributed by atoms with van der Waals surface area (Å²) in [6.07, 6.45) is 1.66. The van der Waals surface area contributed by atoms with Crippen molar-refractivity contribution in [3.05, 3.63) is 57.6 Å². The number of thiophene rings is 1. The van der Waals surface area contributed by atoms with Crippen molar-refractivity contribution in [1.82, 2.24) is 14.5 Å². The van der Waals surface area contributed by atoms with Gasteiger partial charge in [-0.15, -0.1) is 16.4 Å². The SMILES string of the molecule is O=C(Nc1nnc(Cc2cccs2)o1)C1CCCN(S(=O)(=O)c2ccc(Cl)cc2)C1. The monoisotopic (exact) mass is 466 g/mol. The zero-order valence-corrected chi connectivity index (χ0v) is 18.2. The lowest BCUT2D eigenvalue weighted by Gasteiger charge is -2.30. The molecule has 4 rings (SSSR count). The van der Waals surface area contributed by atoms with E-state index in [0.29, 0.717) is 36.7 Å². The fourth-order valence-corrected chi connectivity index (χ4v) is 5.62. The smallest absolute Gasteiger partial charge is 0.322 e. The van der Waals surface area contributed by atoms with Crippen LogP contribution in [0.2, 0.25) is 5.02 Å². The number of carbonyl (C=O) groups is 1. The van der Waals surface area contributed by atoms with Crippen LogP contribution in [0.3, 0.4) is 0 Å². The van der Waals surface area contributed by atoms with Crippen molar-refractivity contribution in [2.24, 2.45) is 5.92 Å². The lowest BCUT2D eigenvalue weighted by Crippen LogP contribution is -2.43. The van der Waals surface area contributed by atoms with Crippen LogP contribution in [-0.4, -0.2) is 41.9 Å². The van der Waals surface area contributed by atoms with Gasteiger partial charge in [0, 0.05) is 23.0 Å². The van der Waals surface area contributed by atoms with Gasteiger partial charge in [0.15, 0.2) is 0 Å². The summed E-state index contributed by atoms with van der Waals surface area (Å²) in [4.78, 5) is 13.9. The molecule has 1 unspecified atom stereocenters. The number of hydrogen-bond acceptors (Lipinski definition) is 7. The second-order valence-electron chi connectivity index (χ2n) is 6.90. The Morgan fingerprint density at radius 2 is 2.07 bits per heavy atom. The van der Waals surface area contributed by atoms with E-state index >= 15 is 0 Å². The Labute approximate surface area is 182 Å². The van der Waals surface area contributed by atoms with Crippen molar-refractivity contribution in [2.45, 2.75) is 24.2 Å². The summed E-state index contributed by atoms with van der Waals surface area (Å²) in [7, 11) is -3.70. The summed E-state index contributed by atoms with van der Waals surface area (Å²) in [5.74, 6) is -0.436. The molecule has 1 saturated heterocycles. The summed E-state index contributed by atoms with van der Waals surface area (Å²) in [5.41, 5.74) is 0. The first kappa shape index (κ1) is 21.0. The van der Waals surface area contributed by atoms with E-state index in [2.05, 4.69) is 15.5 Å². The zero-order valence-electron chi connectivity index (χ0n) is 15.8. The number of benzene rings is 1.